The summed E-state index contributed by atoms with van der Waals surface area (Å²) in [6.45, 7) is 3.94. The van der Waals surface area contributed by atoms with Crippen LogP contribution in [0.5, 0.6) is 0 Å². The van der Waals surface area contributed by atoms with Gasteiger partial charge in [0, 0.05) is 10.6 Å². The van der Waals surface area contributed by atoms with Gasteiger partial charge < -0.3 is 5.32 Å². The number of anilines is 1. The predicted molar refractivity (Wildman–Crippen MR) is 70.4 cm³/mol. The van der Waals surface area contributed by atoms with Crippen LogP contribution in [0.4, 0.5) is 5.69 Å². The SMILES string of the molecule is Cc1ccc(NC(=O)Cc2scnc2C)cc1. The molecule has 1 amide bonds. The van der Waals surface area contributed by atoms with Gasteiger partial charge in [-0.05, 0) is 26.0 Å². The van der Waals surface area contributed by atoms with Crippen molar-refractivity contribution in [3.8, 4) is 0 Å². The first-order valence-electron chi connectivity index (χ1n) is 5.40. The molecular formula is C13H14N2OS. The Labute approximate surface area is 105 Å². The number of nitrogens with zero attached hydrogens (tertiary/aromatic N) is 1. The molecule has 2 aromatic rings. The number of carbonyl (C=O) groups is 1. The molecule has 0 aliphatic rings. The number of aromatic nitrogens is 1. The maximum absolute atomic E-state index is 11.8. The third-order valence-corrected chi connectivity index (χ3v) is 3.44. The summed E-state index contributed by atoms with van der Waals surface area (Å²) in [7, 11) is 0. The van der Waals surface area contributed by atoms with E-state index in [0.717, 1.165) is 16.3 Å². The van der Waals surface area contributed by atoms with Crippen LogP contribution in [0.2, 0.25) is 0 Å². The lowest BCUT2D eigenvalue weighted by Gasteiger charge is -2.04. The van der Waals surface area contributed by atoms with Crippen molar-refractivity contribution in [2.24, 2.45) is 0 Å². The lowest BCUT2D eigenvalue weighted by Crippen LogP contribution is -2.14. The maximum Gasteiger partial charge on any atom is 0.229 e. The molecule has 0 spiro atoms. The highest BCUT2D eigenvalue weighted by Gasteiger charge is 2.08. The Bertz CT molecular complexity index is 516. The van der Waals surface area contributed by atoms with E-state index in [1.165, 1.54) is 16.9 Å². The van der Waals surface area contributed by atoms with E-state index in [1.807, 2.05) is 38.1 Å². The van der Waals surface area contributed by atoms with Gasteiger partial charge in [0.05, 0.1) is 17.6 Å². The zero-order chi connectivity index (χ0) is 12.3. The van der Waals surface area contributed by atoms with Crippen LogP contribution in [-0.4, -0.2) is 10.9 Å². The summed E-state index contributed by atoms with van der Waals surface area (Å²) in [6, 6.07) is 7.78. The van der Waals surface area contributed by atoms with Crippen LogP contribution < -0.4 is 5.32 Å². The van der Waals surface area contributed by atoms with E-state index in [-0.39, 0.29) is 5.91 Å². The lowest BCUT2D eigenvalue weighted by atomic mass is 10.2. The van der Waals surface area contributed by atoms with Crippen molar-refractivity contribution in [2.75, 3.05) is 5.32 Å². The third kappa shape index (κ3) is 3.14. The van der Waals surface area contributed by atoms with Gasteiger partial charge in [-0.1, -0.05) is 17.7 Å². The zero-order valence-corrected chi connectivity index (χ0v) is 10.7. The standard InChI is InChI=1S/C13H14N2OS/c1-9-3-5-11(6-4-9)15-13(16)7-12-10(2)14-8-17-12/h3-6,8H,7H2,1-2H3,(H,15,16). The van der Waals surface area contributed by atoms with Gasteiger partial charge in [0.25, 0.3) is 0 Å². The van der Waals surface area contributed by atoms with Gasteiger partial charge in [0.15, 0.2) is 0 Å². The molecule has 0 aliphatic carbocycles. The molecule has 0 bridgehead atoms. The molecule has 0 aliphatic heterocycles. The second-order valence-corrected chi connectivity index (χ2v) is 4.89. The molecule has 17 heavy (non-hydrogen) atoms. The molecule has 1 heterocycles. The van der Waals surface area contributed by atoms with Gasteiger partial charge in [-0.15, -0.1) is 11.3 Å². The lowest BCUT2D eigenvalue weighted by molar-refractivity contribution is -0.115. The summed E-state index contributed by atoms with van der Waals surface area (Å²) in [5.74, 6) is 0.00111. The Hall–Kier alpha value is -1.68. The average Bonchev–Trinajstić information content (AvgIpc) is 2.68. The topological polar surface area (TPSA) is 42.0 Å². The number of rotatable bonds is 3. The summed E-state index contributed by atoms with van der Waals surface area (Å²) in [5, 5.41) is 2.87. The molecule has 2 rings (SSSR count). The van der Waals surface area contributed by atoms with Crippen LogP contribution in [0.3, 0.4) is 0 Å². The number of nitrogens with one attached hydrogen (secondary N) is 1. The quantitative estimate of drug-likeness (QED) is 0.904. The molecule has 0 fully saturated rings. The number of hydrogen-bond donors (Lipinski definition) is 1. The molecule has 0 radical (unpaired) electrons. The molecule has 0 saturated heterocycles. The summed E-state index contributed by atoms with van der Waals surface area (Å²) in [4.78, 5) is 16.9. The van der Waals surface area contributed by atoms with Crippen LogP contribution in [0.1, 0.15) is 16.1 Å². The first kappa shape index (κ1) is 11.8. The molecule has 0 unspecified atom stereocenters. The Morgan fingerprint density at radius 2 is 2.00 bits per heavy atom. The van der Waals surface area contributed by atoms with E-state index in [4.69, 9.17) is 0 Å². The number of carbonyl (C=O) groups excluding carboxylic acids is 1. The molecule has 4 heteroatoms. The highest BCUT2D eigenvalue weighted by Crippen LogP contribution is 2.14. The predicted octanol–water partition coefficient (Wildman–Crippen LogP) is 2.94. The molecule has 1 N–H and O–H groups in total. The first-order chi connectivity index (χ1) is 8.15. The van der Waals surface area contributed by atoms with E-state index in [1.54, 1.807) is 5.51 Å². The number of benzene rings is 1. The van der Waals surface area contributed by atoms with Gasteiger partial charge >= 0.3 is 0 Å². The number of amides is 1. The molecule has 88 valence electrons. The van der Waals surface area contributed by atoms with E-state index in [2.05, 4.69) is 10.3 Å². The van der Waals surface area contributed by atoms with Gasteiger partial charge in [-0.2, -0.15) is 0 Å². The fraction of sp³-hybridized carbons (Fsp3) is 0.231. The van der Waals surface area contributed by atoms with Crippen molar-refractivity contribution in [1.82, 2.24) is 4.98 Å². The van der Waals surface area contributed by atoms with E-state index in [0.29, 0.717) is 6.42 Å². The van der Waals surface area contributed by atoms with Gasteiger partial charge in [0.1, 0.15) is 0 Å². The third-order valence-electron chi connectivity index (χ3n) is 2.50. The van der Waals surface area contributed by atoms with Crippen molar-refractivity contribution in [3.63, 3.8) is 0 Å². The summed E-state index contributed by atoms with van der Waals surface area (Å²) in [6.07, 6.45) is 0.393. The maximum atomic E-state index is 11.8. The number of thiazole rings is 1. The minimum Gasteiger partial charge on any atom is -0.326 e. The summed E-state index contributed by atoms with van der Waals surface area (Å²) >= 11 is 1.52. The molecule has 3 nitrogen and oxygen atoms in total. The Morgan fingerprint density at radius 1 is 1.29 bits per heavy atom. The van der Waals surface area contributed by atoms with E-state index >= 15 is 0 Å². The van der Waals surface area contributed by atoms with Crippen LogP contribution in [0, 0.1) is 13.8 Å². The van der Waals surface area contributed by atoms with Crippen LogP contribution in [0.15, 0.2) is 29.8 Å². The highest BCUT2D eigenvalue weighted by molar-refractivity contribution is 7.09. The van der Waals surface area contributed by atoms with Crippen molar-refractivity contribution in [2.45, 2.75) is 20.3 Å². The average molecular weight is 246 g/mol. The van der Waals surface area contributed by atoms with Gasteiger partial charge in [-0.25, -0.2) is 4.98 Å². The van der Waals surface area contributed by atoms with E-state index < -0.39 is 0 Å². The van der Waals surface area contributed by atoms with Crippen LogP contribution in [-0.2, 0) is 11.2 Å². The van der Waals surface area contributed by atoms with Crippen molar-refractivity contribution in [3.05, 3.63) is 45.9 Å². The molecule has 1 aromatic heterocycles. The smallest absolute Gasteiger partial charge is 0.229 e. The first-order valence-corrected chi connectivity index (χ1v) is 6.28. The van der Waals surface area contributed by atoms with Gasteiger partial charge in [0.2, 0.25) is 5.91 Å². The number of aryl methyl sites for hydroxylation is 2. The van der Waals surface area contributed by atoms with Crippen molar-refractivity contribution in [1.29, 1.82) is 0 Å². The minimum absolute atomic E-state index is 0.00111. The van der Waals surface area contributed by atoms with E-state index in [9.17, 15) is 4.79 Å². The normalized spacial score (nSPS) is 10.2. The van der Waals surface area contributed by atoms with Crippen LogP contribution >= 0.6 is 11.3 Å². The van der Waals surface area contributed by atoms with Crippen molar-refractivity contribution < 1.29 is 4.79 Å². The zero-order valence-electron chi connectivity index (χ0n) is 9.86. The fourth-order valence-corrected chi connectivity index (χ4v) is 2.26. The summed E-state index contributed by atoms with van der Waals surface area (Å²) < 4.78 is 0. The highest BCUT2D eigenvalue weighted by atomic mass is 32.1. The second-order valence-electron chi connectivity index (χ2n) is 3.95. The monoisotopic (exact) mass is 246 g/mol. The largest absolute Gasteiger partial charge is 0.326 e. The number of hydrogen-bond acceptors (Lipinski definition) is 3. The molecular weight excluding hydrogens is 232 g/mol. The molecule has 0 saturated carbocycles. The fourth-order valence-electron chi connectivity index (χ4n) is 1.48. The molecule has 1 aromatic carbocycles. The Balaban J connectivity index is 1.98. The van der Waals surface area contributed by atoms with Gasteiger partial charge in [-0.3, -0.25) is 4.79 Å². The minimum atomic E-state index is 0.00111. The second kappa shape index (κ2) is 5.10. The Kier molecular flexibility index (Phi) is 3.54. The van der Waals surface area contributed by atoms with Crippen LogP contribution in [0.25, 0.3) is 0 Å². The van der Waals surface area contributed by atoms with Crippen molar-refractivity contribution >= 4 is 22.9 Å². The summed E-state index contributed by atoms with van der Waals surface area (Å²) in [5.41, 5.74) is 4.72. The molecule has 0 atom stereocenters. The Morgan fingerprint density at radius 3 is 2.59 bits per heavy atom.